The van der Waals surface area contributed by atoms with Crippen LogP contribution < -0.4 is 0 Å². The molecule has 0 aromatic carbocycles. The minimum absolute atomic E-state index is 0.0417. The van der Waals surface area contributed by atoms with Crippen LogP contribution >= 0.6 is 48.7 Å². The van der Waals surface area contributed by atoms with E-state index in [-0.39, 0.29) is 16.0 Å². The van der Waals surface area contributed by atoms with E-state index in [1.807, 2.05) is 6.07 Å². The third-order valence-electron chi connectivity index (χ3n) is 0.439. The Bertz CT molecular complexity index is 133. The van der Waals surface area contributed by atoms with Gasteiger partial charge in [-0.25, -0.2) is 0 Å². The summed E-state index contributed by atoms with van der Waals surface area (Å²) in [6, 6.07) is 3.61. The molecule has 1 rings (SSSR count). The molecular weight excluding hydrogens is 300 g/mol. The van der Waals surface area contributed by atoms with Crippen LogP contribution in [0.3, 0.4) is 0 Å². The fourth-order valence-corrected chi connectivity index (χ4v) is 0.805. The highest BCUT2D eigenvalue weighted by Crippen LogP contribution is 2.12. The van der Waals surface area contributed by atoms with Crippen LogP contribution in [0.2, 0.25) is 4.34 Å². The molecule has 0 nitrogen and oxygen atoms in total. The van der Waals surface area contributed by atoms with Crippen LogP contribution in [0, 0.1) is 5.38 Å². The van der Waals surface area contributed by atoms with E-state index < -0.39 is 0 Å². The molecule has 5 heteroatoms. The molecule has 1 radical (unpaired) electrons. The highest BCUT2D eigenvalue weighted by Gasteiger charge is 1.78. The van der Waals surface area contributed by atoms with Crippen molar-refractivity contribution in [1.29, 1.82) is 0 Å². The van der Waals surface area contributed by atoms with Crippen molar-refractivity contribution in [2.45, 2.75) is 0 Å². The van der Waals surface area contributed by atoms with E-state index >= 15 is 0 Å². The summed E-state index contributed by atoms with van der Waals surface area (Å²) in [5.41, 5.74) is 0. The van der Waals surface area contributed by atoms with Crippen molar-refractivity contribution in [2.75, 3.05) is 0 Å². The Morgan fingerprint density at radius 1 is 1.67 bits per heavy atom. The Morgan fingerprint density at radius 3 is 2.33 bits per heavy atom. The van der Waals surface area contributed by atoms with E-state index in [4.69, 9.17) is 11.6 Å². The molecule has 0 saturated carbocycles. The van der Waals surface area contributed by atoms with Gasteiger partial charge >= 0.3 is 16.0 Å². The Balaban J connectivity index is 0.000000187. The molecule has 0 amide bonds. The maximum atomic E-state index is 5.44. The quantitative estimate of drug-likeness (QED) is 0.643. The van der Waals surface area contributed by atoms with Crippen LogP contribution in [-0.2, 0) is 0 Å². The van der Waals surface area contributed by atoms with Gasteiger partial charge in [0.1, 0.15) is 0 Å². The number of hydrogen-bond acceptors (Lipinski definition) is 1. The molecule has 47 valence electrons. The van der Waals surface area contributed by atoms with Crippen molar-refractivity contribution in [2.24, 2.45) is 0 Å². The second-order valence-corrected chi connectivity index (χ2v) is 10.6. The van der Waals surface area contributed by atoms with Crippen molar-refractivity contribution in [1.82, 2.24) is 0 Å². The molecule has 0 aliphatic carbocycles. The van der Waals surface area contributed by atoms with Gasteiger partial charge < -0.3 is 0 Å². The van der Waals surface area contributed by atoms with Gasteiger partial charge in [-0.3, -0.25) is 25.8 Å². The Labute approximate surface area is 85.4 Å². The smallest absolute Gasteiger partial charge is 0.280 e. The summed E-state index contributed by atoms with van der Waals surface area (Å²) >= 11 is 13.3. The van der Waals surface area contributed by atoms with E-state index in [0.717, 1.165) is 4.34 Å². The van der Waals surface area contributed by atoms with Gasteiger partial charge in [-0.05, 0) is 12.1 Å². The fourth-order valence-electron chi connectivity index (χ4n) is 0.224. The normalized spacial score (nSPS) is 7.00. The summed E-state index contributed by atoms with van der Waals surface area (Å²) in [5, 5.41) is 2.84. The summed E-state index contributed by atoms with van der Waals surface area (Å²) in [7, 11) is 0. The average molecular weight is 302 g/mol. The van der Waals surface area contributed by atoms with Crippen LogP contribution in [0.5, 0.6) is 0 Å². The standard InChI is InChI=1S/C4H2ClS.2BrH.Mg/c5-4-2-1-3-6-4;;;/h1-2H;2*1H;/q;;;+2/p-2. The molecule has 0 spiro atoms. The molecule has 1 aromatic heterocycles. The Hall–Kier alpha value is 1.72. The van der Waals surface area contributed by atoms with E-state index in [9.17, 15) is 0 Å². The molecule has 0 N–H and O–H groups in total. The zero-order valence-electron chi connectivity index (χ0n) is 4.40. The van der Waals surface area contributed by atoms with Crippen molar-refractivity contribution in [3.63, 3.8) is 0 Å². The third-order valence-corrected chi connectivity index (χ3v) is 1.38. The van der Waals surface area contributed by atoms with E-state index in [0.29, 0.717) is 0 Å². The second-order valence-electron chi connectivity index (χ2n) is 0.958. The monoisotopic (exact) mass is 299 g/mol. The predicted molar refractivity (Wildman–Crippen MR) is 51.8 cm³/mol. The zero-order valence-corrected chi connectivity index (χ0v) is 10.6. The molecule has 0 fully saturated rings. The highest BCUT2D eigenvalue weighted by atomic mass is 79.9. The van der Waals surface area contributed by atoms with Crippen LogP contribution in [0.4, 0.5) is 0 Å². The molecular formula is C4H2Br2ClMgS. The Kier molecular flexibility index (Phi) is 9.31. The number of thiophene rings is 1. The van der Waals surface area contributed by atoms with Crippen LogP contribution in [-0.4, -0.2) is 16.0 Å². The third kappa shape index (κ3) is 7.61. The van der Waals surface area contributed by atoms with Crippen molar-refractivity contribution >= 4 is 64.7 Å². The highest BCUT2D eigenvalue weighted by molar-refractivity contribution is 9.47. The first kappa shape index (κ1) is 10.7. The largest absolute Gasteiger partial charge is 0.560 e. The molecule has 0 atom stereocenters. The van der Waals surface area contributed by atoms with Gasteiger partial charge in [0.2, 0.25) is 0 Å². The Morgan fingerprint density at radius 2 is 2.22 bits per heavy atom. The molecule has 0 aliphatic rings. The lowest BCUT2D eigenvalue weighted by atomic mass is 10.7. The van der Waals surface area contributed by atoms with Crippen LogP contribution in [0.15, 0.2) is 12.1 Å². The lowest BCUT2D eigenvalue weighted by Crippen LogP contribution is -1.31. The first-order chi connectivity index (χ1) is 4.31. The SMILES string of the molecule is Clc1cc[c]s1.[Br][Mg][Br]. The van der Waals surface area contributed by atoms with Gasteiger partial charge in [0.25, 0.3) is 0 Å². The molecule has 1 heterocycles. The molecule has 0 aliphatic heterocycles. The van der Waals surface area contributed by atoms with Gasteiger partial charge in [-0.15, -0.1) is 11.3 Å². The van der Waals surface area contributed by atoms with Gasteiger partial charge in [0, 0.05) is 5.38 Å². The summed E-state index contributed by atoms with van der Waals surface area (Å²) in [4.78, 5) is 0. The molecule has 0 bridgehead atoms. The zero-order chi connectivity index (χ0) is 7.11. The van der Waals surface area contributed by atoms with Gasteiger partial charge in [-0.2, -0.15) is 0 Å². The van der Waals surface area contributed by atoms with Gasteiger partial charge in [0.05, 0.1) is 4.34 Å². The maximum Gasteiger partial charge on any atom is 0.560 e. The lowest BCUT2D eigenvalue weighted by Gasteiger charge is -1.61. The molecule has 9 heavy (non-hydrogen) atoms. The summed E-state index contributed by atoms with van der Waals surface area (Å²) in [6.07, 6.45) is 0. The summed E-state index contributed by atoms with van der Waals surface area (Å²) < 4.78 is 0.801. The number of halogens is 3. The molecule has 0 saturated heterocycles. The topological polar surface area (TPSA) is 0 Å². The van der Waals surface area contributed by atoms with Gasteiger partial charge in [-0.1, -0.05) is 11.6 Å². The number of rotatable bonds is 0. The lowest BCUT2D eigenvalue weighted by molar-refractivity contribution is 2.01. The minimum Gasteiger partial charge on any atom is -0.280 e. The van der Waals surface area contributed by atoms with E-state index in [1.54, 1.807) is 6.07 Å². The molecule has 1 aromatic rings. The molecule has 0 unspecified atom stereocenters. The van der Waals surface area contributed by atoms with Crippen molar-refractivity contribution in [3.05, 3.63) is 21.8 Å². The van der Waals surface area contributed by atoms with Crippen molar-refractivity contribution in [3.8, 4) is 0 Å². The van der Waals surface area contributed by atoms with Crippen molar-refractivity contribution < 1.29 is 0 Å². The number of hydrogen-bond donors (Lipinski definition) is 0. The summed E-state index contributed by atoms with van der Waals surface area (Å²) in [5.74, 6) is 0. The summed E-state index contributed by atoms with van der Waals surface area (Å²) in [6.45, 7) is 0. The second kappa shape index (κ2) is 7.82. The predicted octanol–water partition coefficient (Wildman–Crippen LogP) is 3.51. The average Bonchev–Trinajstić information content (AvgIpc) is 2.20. The van der Waals surface area contributed by atoms with Crippen LogP contribution in [0.1, 0.15) is 0 Å². The first-order valence-corrected chi connectivity index (χ1v) is 11.0. The van der Waals surface area contributed by atoms with E-state index in [2.05, 4.69) is 31.1 Å². The maximum absolute atomic E-state index is 5.44. The van der Waals surface area contributed by atoms with Crippen LogP contribution in [0.25, 0.3) is 0 Å². The van der Waals surface area contributed by atoms with Gasteiger partial charge in [0.15, 0.2) is 0 Å². The first-order valence-electron chi connectivity index (χ1n) is 2.04. The minimum atomic E-state index is 0.0417. The fraction of sp³-hybridized carbons (Fsp3) is 0. The van der Waals surface area contributed by atoms with E-state index in [1.165, 1.54) is 11.3 Å².